The van der Waals surface area contributed by atoms with Crippen LogP contribution in [0.1, 0.15) is 37.7 Å². The molecule has 0 fully saturated rings. The Morgan fingerprint density at radius 3 is 2.74 bits per heavy atom. The molecule has 0 saturated carbocycles. The van der Waals surface area contributed by atoms with Gasteiger partial charge in [-0.2, -0.15) is 0 Å². The number of benzene rings is 1. The molecule has 98 valence electrons. The molecule has 0 saturated heterocycles. The number of hydrogen-bond acceptors (Lipinski definition) is 1. The molecule has 0 bridgehead atoms. The minimum atomic E-state index is 0.252. The third-order valence-electron chi connectivity index (χ3n) is 3.55. The predicted octanol–water partition coefficient (Wildman–Crippen LogP) is 4.46. The first-order valence-electron chi connectivity index (χ1n) is 6.64. The van der Waals surface area contributed by atoms with E-state index in [0.29, 0.717) is 12.3 Å². The molecule has 19 heavy (non-hydrogen) atoms. The van der Waals surface area contributed by atoms with E-state index in [0.717, 1.165) is 25.7 Å². The van der Waals surface area contributed by atoms with Crippen LogP contribution in [0.25, 0.3) is 5.57 Å². The maximum Gasteiger partial charge on any atom is 0.156 e. The summed E-state index contributed by atoms with van der Waals surface area (Å²) in [6.07, 6.45) is 11.7. The van der Waals surface area contributed by atoms with Crippen LogP contribution in [-0.4, -0.2) is 5.78 Å². The second-order valence-electron chi connectivity index (χ2n) is 4.90. The highest BCUT2D eigenvalue weighted by atomic mass is 127. The summed E-state index contributed by atoms with van der Waals surface area (Å²) in [7, 11) is 0. The Hall–Kier alpha value is -1.08. The maximum absolute atomic E-state index is 11.7. The van der Waals surface area contributed by atoms with E-state index in [4.69, 9.17) is 6.42 Å². The van der Waals surface area contributed by atoms with Gasteiger partial charge in [-0.05, 0) is 77.1 Å². The van der Waals surface area contributed by atoms with Gasteiger partial charge in [0.05, 0.1) is 0 Å². The summed E-state index contributed by atoms with van der Waals surface area (Å²) in [6.45, 7) is 0. The van der Waals surface area contributed by atoms with E-state index in [1.165, 1.54) is 14.7 Å². The number of rotatable bonds is 4. The van der Waals surface area contributed by atoms with Crippen LogP contribution in [0.3, 0.4) is 0 Å². The van der Waals surface area contributed by atoms with Crippen LogP contribution in [0.15, 0.2) is 30.3 Å². The van der Waals surface area contributed by atoms with Crippen LogP contribution in [0.5, 0.6) is 0 Å². The number of carbonyl (C=O) groups excluding carboxylic acids is 1. The van der Waals surface area contributed by atoms with Gasteiger partial charge >= 0.3 is 0 Å². The zero-order valence-electron chi connectivity index (χ0n) is 10.9. The molecule has 2 rings (SSSR count). The normalized spacial score (nSPS) is 18.8. The SMILES string of the molecule is C#CCCCC1CCC(=O)C=C1c1ccc(I)cc1. The lowest BCUT2D eigenvalue weighted by Crippen LogP contribution is -2.13. The van der Waals surface area contributed by atoms with Crippen LogP contribution in [-0.2, 0) is 4.79 Å². The number of ketones is 1. The van der Waals surface area contributed by atoms with E-state index < -0.39 is 0 Å². The first kappa shape index (κ1) is 14.3. The average Bonchev–Trinajstić information content (AvgIpc) is 2.41. The van der Waals surface area contributed by atoms with Gasteiger partial charge in [0, 0.05) is 16.4 Å². The Bertz CT molecular complexity index is 519. The van der Waals surface area contributed by atoms with E-state index in [1.54, 1.807) is 0 Å². The lowest BCUT2D eigenvalue weighted by Gasteiger charge is -2.24. The van der Waals surface area contributed by atoms with Crippen LogP contribution in [0, 0.1) is 21.8 Å². The number of carbonyl (C=O) groups is 1. The Labute approximate surface area is 128 Å². The van der Waals surface area contributed by atoms with E-state index >= 15 is 0 Å². The van der Waals surface area contributed by atoms with Crippen LogP contribution < -0.4 is 0 Å². The topological polar surface area (TPSA) is 17.1 Å². The van der Waals surface area contributed by atoms with Gasteiger partial charge in [-0.25, -0.2) is 0 Å². The molecule has 0 aliphatic heterocycles. The van der Waals surface area contributed by atoms with E-state index in [9.17, 15) is 4.79 Å². The zero-order valence-corrected chi connectivity index (χ0v) is 13.0. The fourth-order valence-corrected chi connectivity index (χ4v) is 2.91. The fourth-order valence-electron chi connectivity index (χ4n) is 2.55. The molecule has 0 radical (unpaired) electrons. The minimum Gasteiger partial charge on any atom is -0.295 e. The summed E-state index contributed by atoms with van der Waals surface area (Å²) in [5.74, 6) is 3.42. The summed E-state index contributed by atoms with van der Waals surface area (Å²) in [5, 5.41) is 0. The van der Waals surface area contributed by atoms with Crippen molar-refractivity contribution >= 4 is 33.9 Å². The molecule has 1 aliphatic carbocycles. The third kappa shape index (κ3) is 3.94. The minimum absolute atomic E-state index is 0.252. The Morgan fingerprint density at radius 1 is 1.32 bits per heavy atom. The van der Waals surface area contributed by atoms with Crippen molar-refractivity contribution in [3.63, 3.8) is 0 Å². The van der Waals surface area contributed by atoms with Gasteiger partial charge in [-0.3, -0.25) is 4.79 Å². The molecule has 1 aromatic rings. The van der Waals surface area contributed by atoms with E-state index in [1.807, 2.05) is 6.08 Å². The van der Waals surface area contributed by atoms with Crippen LogP contribution in [0.2, 0.25) is 0 Å². The van der Waals surface area contributed by atoms with Crippen LogP contribution >= 0.6 is 22.6 Å². The molecule has 1 aliphatic rings. The van der Waals surface area contributed by atoms with Gasteiger partial charge in [0.1, 0.15) is 0 Å². The Kier molecular flexibility index (Phi) is 5.21. The molecule has 2 heteroatoms. The van der Waals surface area contributed by atoms with E-state index in [-0.39, 0.29) is 5.78 Å². The molecule has 1 aromatic carbocycles. The molecule has 1 atom stereocenters. The van der Waals surface area contributed by atoms with Crippen molar-refractivity contribution in [2.24, 2.45) is 5.92 Å². The monoisotopic (exact) mass is 364 g/mol. The van der Waals surface area contributed by atoms with Gasteiger partial charge < -0.3 is 0 Å². The Morgan fingerprint density at radius 2 is 2.05 bits per heavy atom. The van der Waals surface area contributed by atoms with Crippen molar-refractivity contribution in [3.8, 4) is 12.3 Å². The highest BCUT2D eigenvalue weighted by Crippen LogP contribution is 2.34. The first-order valence-corrected chi connectivity index (χ1v) is 7.72. The number of allylic oxidation sites excluding steroid dienone is 2. The van der Waals surface area contributed by atoms with Crippen LogP contribution in [0.4, 0.5) is 0 Å². The standard InChI is InChI=1S/C17H17IO/c1-2-3-4-5-13-8-11-16(19)12-17(13)14-6-9-15(18)10-7-14/h1,6-7,9-10,12-13H,3-5,8,11H2. The second kappa shape index (κ2) is 6.91. The van der Waals surface area contributed by atoms with Gasteiger partial charge in [-0.15, -0.1) is 12.3 Å². The maximum atomic E-state index is 11.7. The quantitative estimate of drug-likeness (QED) is 0.438. The predicted molar refractivity (Wildman–Crippen MR) is 87.6 cm³/mol. The largest absolute Gasteiger partial charge is 0.295 e. The fraction of sp³-hybridized carbons (Fsp3) is 0.353. The van der Waals surface area contributed by atoms with E-state index in [2.05, 4.69) is 52.8 Å². The number of halogens is 1. The molecule has 1 unspecified atom stereocenters. The van der Waals surface area contributed by atoms with Gasteiger partial charge in [0.2, 0.25) is 0 Å². The lowest BCUT2D eigenvalue weighted by atomic mass is 9.80. The summed E-state index contributed by atoms with van der Waals surface area (Å²) < 4.78 is 1.22. The highest BCUT2D eigenvalue weighted by Gasteiger charge is 2.22. The summed E-state index contributed by atoms with van der Waals surface area (Å²) in [6, 6.07) is 8.41. The molecule has 0 N–H and O–H groups in total. The first-order chi connectivity index (χ1) is 9.20. The van der Waals surface area contributed by atoms with Crippen molar-refractivity contribution in [3.05, 3.63) is 39.5 Å². The smallest absolute Gasteiger partial charge is 0.156 e. The number of unbranched alkanes of at least 4 members (excludes halogenated alkanes) is 1. The summed E-state index contributed by atoms with van der Waals surface area (Å²) in [4.78, 5) is 11.7. The number of terminal acetylenes is 1. The molecule has 1 nitrogen and oxygen atoms in total. The molecule has 0 heterocycles. The zero-order chi connectivity index (χ0) is 13.7. The average molecular weight is 364 g/mol. The summed E-state index contributed by atoms with van der Waals surface area (Å²) >= 11 is 2.30. The van der Waals surface area contributed by atoms with Crippen molar-refractivity contribution in [2.75, 3.05) is 0 Å². The van der Waals surface area contributed by atoms with Gasteiger partial charge in [0.25, 0.3) is 0 Å². The second-order valence-corrected chi connectivity index (χ2v) is 6.15. The molecule has 0 spiro atoms. The highest BCUT2D eigenvalue weighted by molar-refractivity contribution is 14.1. The molecular weight excluding hydrogens is 347 g/mol. The van der Waals surface area contributed by atoms with Gasteiger partial charge in [0.15, 0.2) is 5.78 Å². The van der Waals surface area contributed by atoms with Crippen molar-refractivity contribution in [1.82, 2.24) is 0 Å². The molecule has 0 aromatic heterocycles. The molecular formula is C17H17IO. The lowest BCUT2D eigenvalue weighted by molar-refractivity contribution is -0.115. The number of hydrogen-bond donors (Lipinski definition) is 0. The molecule has 0 amide bonds. The summed E-state index contributed by atoms with van der Waals surface area (Å²) in [5.41, 5.74) is 2.38. The third-order valence-corrected chi connectivity index (χ3v) is 4.27. The van der Waals surface area contributed by atoms with Crippen molar-refractivity contribution in [1.29, 1.82) is 0 Å². The van der Waals surface area contributed by atoms with Crippen molar-refractivity contribution < 1.29 is 4.79 Å². The van der Waals surface area contributed by atoms with Gasteiger partial charge in [-0.1, -0.05) is 12.1 Å². The van der Waals surface area contributed by atoms with Crippen molar-refractivity contribution in [2.45, 2.75) is 32.1 Å². The Balaban J connectivity index is 2.19.